The maximum atomic E-state index is 15.4. The molecule has 31 heavy (non-hydrogen) atoms. The summed E-state index contributed by atoms with van der Waals surface area (Å²) in [6, 6.07) is 14.9. The predicted molar refractivity (Wildman–Crippen MR) is 115 cm³/mol. The Kier molecular flexibility index (Phi) is 5.02. The highest BCUT2D eigenvalue weighted by atomic mass is 35.5. The van der Waals surface area contributed by atoms with Crippen LogP contribution < -0.4 is 4.90 Å². The number of anilines is 1. The van der Waals surface area contributed by atoms with E-state index in [9.17, 15) is 0 Å². The lowest BCUT2D eigenvalue weighted by Crippen LogP contribution is -2.25. The Morgan fingerprint density at radius 1 is 0.935 bits per heavy atom. The first-order chi connectivity index (χ1) is 15.0. The molecule has 0 aliphatic carbocycles. The summed E-state index contributed by atoms with van der Waals surface area (Å²) in [6.45, 7) is 1.74. The summed E-state index contributed by atoms with van der Waals surface area (Å²) in [5, 5.41) is 9.00. The van der Waals surface area contributed by atoms with E-state index in [-0.39, 0.29) is 17.8 Å². The Morgan fingerprint density at radius 3 is 2.39 bits per heavy atom. The number of nitrogens with zero attached hydrogens (tertiary/aromatic N) is 6. The van der Waals surface area contributed by atoms with Crippen molar-refractivity contribution in [2.45, 2.75) is 25.3 Å². The number of rotatable bonds is 5. The number of alkyl halides is 2. The Labute approximate surface area is 182 Å². The normalized spacial score (nSPS) is 14.5. The predicted octanol–water partition coefficient (Wildman–Crippen LogP) is 4.66. The van der Waals surface area contributed by atoms with Gasteiger partial charge in [-0.25, -0.2) is 14.6 Å². The monoisotopic (exact) mass is 440 g/mol. The number of benzene rings is 2. The maximum Gasteiger partial charge on any atom is 0.331 e. The largest absolute Gasteiger partial charge is 0.355 e. The Morgan fingerprint density at radius 2 is 1.65 bits per heavy atom. The Balaban J connectivity index is 1.67. The molecule has 1 saturated heterocycles. The van der Waals surface area contributed by atoms with E-state index in [0.717, 1.165) is 31.5 Å². The van der Waals surface area contributed by atoms with E-state index in [1.54, 1.807) is 24.3 Å². The van der Waals surface area contributed by atoms with Crippen LogP contribution >= 0.6 is 11.6 Å². The van der Waals surface area contributed by atoms with Crippen LogP contribution in [0.2, 0.25) is 5.02 Å². The van der Waals surface area contributed by atoms with Crippen LogP contribution in [0.25, 0.3) is 11.2 Å². The smallest absolute Gasteiger partial charge is 0.331 e. The second-order valence-electron chi connectivity index (χ2n) is 7.52. The van der Waals surface area contributed by atoms with Gasteiger partial charge in [0.25, 0.3) is 0 Å². The van der Waals surface area contributed by atoms with Crippen molar-refractivity contribution in [3.05, 3.63) is 76.6 Å². The SMILES string of the molecule is FC(F)(c1ccccc1)c1nc(N2CCCC2)c2nnn(Cc3ccccc3Cl)c2n1. The van der Waals surface area contributed by atoms with Crippen molar-refractivity contribution in [1.82, 2.24) is 25.0 Å². The van der Waals surface area contributed by atoms with Crippen LogP contribution in [0.4, 0.5) is 14.6 Å². The first-order valence-corrected chi connectivity index (χ1v) is 10.5. The van der Waals surface area contributed by atoms with E-state index in [1.165, 1.54) is 16.8 Å². The lowest BCUT2D eigenvalue weighted by molar-refractivity contribution is 0.0332. The van der Waals surface area contributed by atoms with Crippen LogP contribution in [0.5, 0.6) is 0 Å². The molecule has 0 spiro atoms. The fourth-order valence-electron chi connectivity index (χ4n) is 3.80. The molecule has 0 saturated carbocycles. The number of aromatic nitrogens is 5. The summed E-state index contributed by atoms with van der Waals surface area (Å²) in [7, 11) is 0. The van der Waals surface area contributed by atoms with Crippen LogP contribution in [0, 0.1) is 0 Å². The summed E-state index contributed by atoms with van der Waals surface area (Å²) < 4.78 is 32.3. The molecule has 0 N–H and O–H groups in total. The van der Waals surface area contributed by atoms with Crippen molar-refractivity contribution in [1.29, 1.82) is 0 Å². The fourth-order valence-corrected chi connectivity index (χ4v) is 4.00. The molecule has 1 aliphatic rings. The maximum absolute atomic E-state index is 15.4. The van der Waals surface area contributed by atoms with Crippen molar-refractivity contribution in [3.63, 3.8) is 0 Å². The summed E-state index contributed by atoms with van der Waals surface area (Å²) in [4.78, 5) is 10.5. The van der Waals surface area contributed by atoms with Crippen molar-refractivity contribution >= 4 is 28.6 Å². The van der Waals surface area contributed by atoms with Gasteiger partial charge in [-0.15, -0.1) is 5.10 Å². The molecule has 9 heteroatoms. The highest BCUT2D eigenvalue weighted by molar-refractivity contribution is 6.31. The summed E-state index contributed by atoms with van der Waals surface area (Å²) >= 11 is 6.29. The van der Waals surface area contributed by atoms with Gasteiger partial charge >= 0.3 is 5.92 Å². The minimum Gasteiger partial charge on any atom is -0.355 e. The second kappa shape index (κ2) is 7.85. The molecular formula is C22H19ClF2N6. The zero-order valence-corrected chi connectivity index (χ0v) is 17.3. The first kappa shape index (κ1) is 19.8. The van der Waals surface area contributed by atoms with Crippen LogP contribution in [0.3, 0.4) is 0 Å². The average molecular weight is 441 g/mol. The van der Waals surface area contributed by atoms with Crippen molar-refractivity contribution < 1.29 is 8.78 Å². The summed E-state index contributed by atoms with van der Waals surface area (Å²) in [5.41, 5.74) is 1.32. The molecule has 4 aromatic rings. The molecule has 6 nitrogen and oxygen atoms in total. The number of fused-ring (bicyclic) bond motifs is 1. The van der Waals surface area contributed by atoms with E-state index in [2.05, 4.69) is 20.3 Å². The van der Waals surface area contributed by atoms with Gasteiger partial charge in [0.2, 0.25) is 5.82 Å². The highest BCUT2D eigenvalue weighted by Gasteiger charge is 2.39. The van der Waals surface area contributed by atoms with Crippen molar-refractivity contribution in [3.8, 4) is 0 Å². The van der Waals surface area contributed by atoms with Gasteiger partial charge in [-0.05, 0) is 24.5 Å². The third-order valence-electron chi connectivity index (χ3n) is 5.45. The molecule has 0 amide bonds. The molecule has 5 rings (SSSR count). The third kappa shape index (κ3) is 3.61. The highest BCUT2D eigenvalue weighted by Crippen LogP contribution is 2.36. The summed E-state index contributed by atoms with van der Waals surface area (Å²) in [5.74, 6) is -3.52. The van der Waals surface area contributed by atoms with E-state index in [1.807, 2.05) is 23.1 Å². The van der Waals surface area contributed by atoms with Crippen molar-refractivity contribution in [2.75, 3.05) is 18.0 Å². The summed E-state index contributed by atoms with van der Waals surface area (Å²) in [6.07, 6.45) is 1.95. The first-order valence-electron chi connectivity index (χ1n) is 10.1. The molecule has 0 atom stereocenters. The minimum absolute atomic E-state index is 0.160. The van der Waals surface area contributed by atoms with Crippen LogP contribution in [-0.4, -0.2) is 38.1 Å². The van der Waals surface area contributed by atoms with Crippen LogP contribution in [0.1, 0.15) is 29.8 Å². The molecule has 3 heterocycles. The molecule has 2 aromatic carbocycles. The number of hydrogen-bond donors (Lipinski definition) is 0. The van der Waals surface area contributed by atoms with Gasteiger partial charge < -0.3 is 4.90 Å². The van der Waals surface area contributed by atoms with Gasteiger partial charge in [-0.3, -0.25) is 0 Å². The molecule has 158 valence electrons. The molecule has 1 aliphatic heterocycles. The van der Waals surface area contributed by atoms with Crippen molar-refractivity contribution in [2.24, 2.45) is 0 Å². The van der Waals surface area contributed by atoms with E-state index < -0.39 is 11.7 Å². The van der Waals surface area contributed by atoms with E-state index in [4.69, 9.17) is 11.6 Å². The molecule has 0 bridgehead atoms. The standard InChI is InChI=1S/C22H19ClF2N6/c23-17-11-5-4-8-15(17)14-31-20-18(28-29-31)19(30-12-6-7-13-30)26-21(27-20)22(24,25)16-9-2-1-3-10-16/h1-5,8-11H,6-7,12-14H2. The van der Waals surface area contributed by atoms with Gasteiger partial charge in [0.15, 0.2) is 17.0 Å². The zero-order chi connectivity index (χ0) is 21.4. The lowest BCUT2D eigenvalue weighted by atomic mass is 10.1. The third-order valence-corrected chi connectivity index (χ3v) is 5.81. The number of hydrogen-bond acceptors (Lipinski definition) is 5. The van der Waals surface area contributed by atoms with E-state index in [0.29, 0.717) is 16.4 Å². The van der Waals surface area contributed by atoms with E-state index >= 15 is 8.78 Å². The quantitative estimate of drug-likeness (QED) is 0.451. The van der Waals surface area contributed by atoms with Crippen LogP contribution in [0.15, 0.2) is 54.6 Å². The molecule has 0 radical (unpaired) electrons. The molecular weight excluding hydrogens is 422 g/mol. The zero-order valence-electron chi connectivity index (χ0n) is 16.5. The average Bonchev–Trinajstić information content (AvgIpc) is 3.46. The van der Waals surface area contributed by atoms with Gasteiger partial charge in [-0.1, -0.05) is 65.3 Å². The minimum atomic E-state index is -3.36. The molecule has 0 unspecified atom stereocenters. The fraction of sp³-hybridized carbons (Fsp3) is 0.273. The lowest BCUT2D eigenvalue weighted by Gasteiger charge is -2.20. The Hall–Kier alpha value is -3.13. The Bertz CT molecular complexity index is 1220. The molecule has 2 aromatic heterocycles. The van der Waals surface area contributed by atoms with Gasteiger partial charge in [0.05, 0.1) is 6.54 Å². The second-order valence-corrected chi connectivity index (χ2v) is 7.92. The number of halogens is 3. The topological polar surface area (TPSA) is 59.7 Å². The van der Waals surface area contributed by atoms with Gasteiger partial charge in [-0.2, -0.15) is 8.78 Å². The van der Waals surface area contributed by atoms with Gasteiger partial charge in [0, 0.05) is 23.7 Å². The van der Waals surface area contributed by atoms with Crippen LogP contribution in [-0.2, 0) is 12.5 Å². The van der Waals surface area contributed by atoms with Gasteiger partial charge in [0.1, 0.15) is 0 Å². The molecule has 1 fully saturated rings.